The first-order chi connectivity index (χ1) is 11.0. The summed E-state index contributed by atoms with van der Waals surface area (Å²) in [6.45, 7) is -0.312. The van der Waals surface area contributed by atoms with Crippen LogP contribution in [0.5, 0.6) is 0 Å². The minimum atomic E-state index is -4.44. The molecule has 4 nitrogen and oxygen atoms in total. The second-order valence-electron chi connectivity index (χ2n) is 5.05. The standard InChI is InChI=1S/C14H16F6N2O2/c1-9(7-24-8-13(15,16)17)22-12(23)21-6-10-2-4-11(5-3-10)14(18,19)20/h2-5,9H,6-8H2,1H3,(H2,21,22,23). The van der Waals surface area contributed by atoms with E-state index >= 15 is 0 Å². The fourth-order valence-electron chi connectivity index (χ4n) is 1.66. The Hall–Kier alpha value is -1.97. The molecule has 24 heavy (non-hydrogen) atoms. The largest absolute Gasteiger partial charge is 0.416 e. The van der Waals surface area contributed by atoms with E-state index in [-0.39, 0.29) is 13.2 Å². The Kier molecular flexibility index (Phi) is 6.88. The van der Waals surface area contributed by atoms with Crippen LogP contribution in [-0.2, 0) is 17.5 Å². The average Bonchev–Trinajstić information content (AvgIpc) is 2.43. The number of benzene rings is 1. The van der Waals surface area contributed by atoms with Gasteiger partial charge in [0.1, 0.15) is 6.61 Å². The van der Waals surface area contributed by atoms with Gasteiger partial charge < -0.3 is 15.4 Å². The molecule has 0 fully saturated rings. The fraction of sp³-hybridized carbons (Fsp3) is 0.500. The van der Waals surface area contributed by atoms with E-state index in [1.807, 2.05) is 0 Å². The molecule has 0 saturated heterocycles. The number of amides is 2. The third-order valence-corrected chi connectivity index (χ3v) is 2.75. The quantitative estimate of drug-likeness (QED) is 0.765. The van der Waals surface area contributed by atoms with Gasteiger partial charge in [-0.15, -0.1) is 0 Å². The zero-order valence-electron chi connectivity index (χ0n) is 12.6. The summed E-state index contributed by atoms with van der Waals surface area (Å²) in [6.07, 6.45) is -8.88. The Labute approximate surface area is 134 Å². The Balaban J connectivity index is 2.33. The Bertz CT molecular complexity index is 528. The van der Waals surface area contributed by atoms with Crippen molar-refractivity contribution in [1.29, 1.82) is 0 Å². The molecule has 0 radical (unpaired) electrons. The average molecular weight is 358 g/mol. The molecule has 1 atom stereocenters. The van der Waals surface area contributed by atoms with Crippen LogP contribution in [0.3, 0.4) is 0 Å². The molecule has 0 spiro atoms. The van der Waals surface area contributed by atoms with Crippen LogP contribution in [0.2, 0.25) is 0 Å². The summed E-state index contributed by atoms with van der Waals surface area (Å²) < 4.78 is 77.2. The van der Waals surface area contributed by atoms with Crippen LogP contribution in [0.1, 0.15) is 18.1 Å². The first-order valence-corrected chi connectivity index (χ1v) is 6.82. The van der Waals surface area contributed by atoms with E-state index in [0.29, 0.717) is 5.56 Å². The molecular weight excluding hydrogens is 342 g/mol. The zero-order valence-corrected chi connectivity index (χ0v) is 12.6. The van der Waals surface area contributed by atoms with E-state index in [0.717, 1.165) is 12.1 Å². The van der Waals surface area contributed by atoms with E-state index in [9.17, 15) is 31.1 Å². The van der Waals surface area contributed by atoms with Gasteiger partial charge in [0.25, 0.3) is 0 Å². The minimum Gasteiger partial charge on any atom is -0.370 e. The summed E-state index contributed by atoms with van der Waals surface area (Å²) in [7, 11) is 0. The summed E-state index contributed by atoms with van der Waals surface area (Å²) in [6, 6.07) is 2.89. The van der Waals surface area contributed by atoms with Crippen molar-refractivity contribution >= 4 is 6.03 Å². The number of halogens is 6. The number of rotatable bonds is 6. The molecule has 2 amide bonds. The van der Waals surface area contributed by atoms with E-state index in [4.69, 9.17) is 0 Å². The van der Waals surface area contributed by atoms with Crippen LogP contribution >= 0.6 is 0 Å². The van der Waals surface area contributed by atoms with E-state index in [1.165, 1.54) is 19.1 Å². The lowest BCUT2D eigenvalue weighted by Crippen LogP contribution is -2.42. The number of ether oxygens (including phenoxy) is 1. The lowest BCUT2D eigenvalue weighted by atomic mass is 10.1. The highest BCUT2D eigenvalue weighted by Crippen LogP contribution is 2.29. The van der Waals surface area contributed by atoms with Gasteiger partial charge in [-0.1, -0.05) is 12.1 Å². The summed E-state index contributed by atoms with van der Waals surface area (Å²) in [4.78, 5) is 11.5. The SMILES string of the molecule is CC(COCC(F)(F)F)NC(=O)NCc1ccc(C(F)(F)F)cc1. The summed E-state index contributed by atoms with van der Waals surface area (Å²) >= 11 is 0. The highest BCUT2D eigenvalue weighted by molar-refractivity contribution is 5.74. The number of hydrogen-bond donors (Lipinski definition) is 2. The molecule has 0 aliphatic heterocycles. The predicted octanol–water partition coefficient (Wildman–Crippen LogP) is 3.47. The first kappa shape index (κ1) is 20.1. The number of nitrogens with one attached hydrogen (secondary N) is 2. The van der Waals surface area contributed by atoms with Gasteiger partial charge in [-0.05, 0) is 24.6 Å². The van der Waals surface area contributed by atoms with Crippen LogP contribution in [0.4, 0.5) is 31.1 Å². The highest BCUT2D eigenvalue weighted by Gasteiger charge is 2.30. The number of alkyl halides is 6. The molecule has 0 bridgehead atoms. The van der Waals surface area contributed by atoms with Crippen molar-refractivity contribution in [2.75, 3.05) is 13.2 Å². The van der Waals surface area contributed by atoms with E-state index in [1.54, 1.807) is 0 Å². The van der Waals surface area contributed by atoms with Gasteiger partial charge in [0.15, 0.2) is 0 Å². The van der Waals surface area contributed by atoms with Gasteiger partial charge in [0.2, 0.25) is 0 Å². The Morgan fingerprint density at radius 1 is 1.12 bits per heavy atom. The number of carbonyl (C=O) groups excluding carboxylic acids is 1. The van der Waals surface area contributed by atoms with Gasteiger partial charge in [0.05, 0.1) is 18.2 Å². The lowest BCUT2D eigenvalue weighted by Gasteiger charge is -2.16. The molecule has 1 rings (SSSR count). The van der Waals surface area contributed by atoms with Crippen molar-refractivity contribution in [1.82, 2.24) is 10.6 Å². The molecule has 0 aliphatic rings. The maximum atomic E-state index is 12.4. The molecular formula is C14H16F6N2O2. The number of urea groups is 1. The maximum Gasteiger partial charge on any atom is 0.416 e. The molecule has 2 N–H and O–H groups in total. The van der Waals surface area contributed by atoms with Crippen molar-refractivity contribution in [3.63, 3.8) is 0 Å². The van der Waals surface area contributed by atoms with Gasteiger partial charge in [-0.25, -0.2) is 4.79 Å². The molecule has 0 aliphatic carbocycles. The monoisotopic (exact) mass is 358 g/mol. The summed E-state index contributed by atoms with van der Waals surface area (Å²) in [5.74, 6) is 0. The second kappa shape index (κ2) is 8.22. The minimum absolute atomic E-state index is 0.0277. The topological polar surface area (TPSA) is 50.4 Å². The number of hydrogen-bond acceptors (Lipinski definition) is 2. The number of carbonyl (C=O) groups is 1. The van der Waals surface area contributed by atoms with Gasteiger partial charge in [-0.3, -0.25) is 0 Å². The molecule has 1 aromatic rings. The molecule has 136 valence electrons. The maximum absolute atomic E-state index is 12.4. The third kappa shape index (κ3) is 8.04. The normalized spacial score (nSPS) is 13.5. The predicted molar refractivity (Wildman–Crippen MR) is 73.2 cm³/mol. The highest BCUT2D eigenvalue weighted by atomic mass is 19.4. The van der Waals surface area contributed by atoms with E-state index < -0.39 is 36.6 Å². The molecule has 0 heterocycles. The molecule has 0 aromatic heterocycles. The van der Waals surface area contributed by atoms with Crippen molar-refractivity contribution in [2.24, 2.45) is 0 Å². The van der Waals surface area contributed by atoms with Crippen LogP contribution in [-0.4, -0.2) is 31.5 Å². The second-order valence-corrected chi connectivity index (χ2v) is 5.05. The van der Waals surface area contributed by atoms with Crippen molar-refractivity contribution in [3.8, 4) is 0 Å². The Morgan fingerprint density at radius 2 is 1.71 bits per heavy atom. The van der Waals surface area contributed by atoms with Crippen LogP contribution in [0, 0.1) is 0 Å². The summed E-state index contributed by atoms with van der Waals surface area (Å²) in [5, 5.41) is 4.74. The molecule has 10 heteroatoms. The fourth-order valence-corrected chi connectivity index (χ4v) is 1.66. The van der Waals surface area contributed by atoms with Gasteiger partial charge in [0, 0.05) is 6.54 Å². The summed E-state index contributed by atoms with van der Waals surface area (Å²) in [5.41, 5.74) is -0.356. The molecule has 0 saturated carbocycles. The van der Waals surface area contributed by atoms with Crippen molar-refractivity contribution in [2.45, 2.75) is 31.9 Å². The van der Waals surface area contributed by atoms with Crippen LogP contribution in [0.15, 0.2) is 24.3 Å². The lowest BCUT2D eigenvalue weighted by molar-refractivity contribution is -0.174. The van der Waals surface area contributed by atoms with Crippen LogP contribution < -0.4 is 10.6 Å². The van der Waals surface area contributed by atoms with Crippen LogP contribution in [0.25, 0.3) is 0 Å². The zero-order chi connectivity index (χ0) is 18.4. The first-order valence-electron chi connectivity index (χ1n) is 6.82. The third-order valence-electron chi connectivity index (χ3n) is 2.75. The van der Waals surface area contributed by atoms with Gasteiger partial charge in [-0.2, -0.15) is 26.3 Å². The Morgan fingerprint density at radius 3 is 2.21 bits per heavy atom. The van der Waals surface area contributed by atoms with Crippen molar-refractivity contribution < 1.29 is 35.9 Å². The smallest absolute Gasteiger partial charge is 0.370 e. The molecule has 1 unspecified atom stereocenters. The van der Waals surface area contributed by atoms with Crippen molar-refractivity contribution in [3.05, 3.63) is 35.4 Å². The molecule has 1 aromatic carbocycles. The van der Waals surface area contributed by atoms with Gasteiger partial charge >= 0.3 is 18.4 Å². The van der Waals surface area contributed by atoms with E-state index in [2.05, 4.69) is 15.4 Å².